The highest BCUT2D eigenvalue weighted by Crippen LogP contribution is 2.07. The lowest BCUT2D eigenvalue weighted by Gasteiger charge is -2.01. The number of hydrogen-bond donors (Lipinski definition) is 1. The Balaban J connectivity index is 2.73. The summed E-state index contributed by atoms with van der Waals surface area (Å²) in [5.41, 5.74) is 1.00. The van der Waals surface area contributed by atoms with E-state index in [4.69, 9.17) is 5.11 Å². The Kier molecular flexibility index (Phi) is 4.03. The minimum absolute atomic E-state index is 0.153. The number of benzene rings is 1. The molecular weight excluding hydrogens is 192 g/mol. The van der Waals surface area contributed by atoms with Crippen LogP contribution in [0.1, 0.15) is 35.7 Å². The predicted octanol–water partition coefficient (Wildman–Crippen LogP) is 2.30. The van der Waals surface area contributed by atoms with E-state index in [0.717, 1.165) is 12.0 Å². The number of aromatic carboxylic acids is 1. The molecule has 0 aromatic heterocycles. The van der Waals surface area contributed by atoms with Gasteiger partial charge in [-0.25, -0.2) is 4.79 Å². The first kappa shape index (κ1) is 11.4. The van der Waals surface area contributed by atoms with Crippen molar-refractivity contribution in [1.82, 2.24) is 0 Å². The van der Waals surface area contributed by atoms with Gasteiger partial charge < -0.3 is 5.11 Å². The molecule has 0 bridgehead atoms. The number of rotatable bonds is 5. The van der Waals surface area contributed by atoms with Gasteiger partial charge in [0.15, 0.2) is 0 Å². The minimum Gasteiger partial charge on any atom is -0.478 e. The van der Waals surface area contributed by atoms with Gasteiger partial charge in [-0.1, -0.05) is 19.1 Å². The molecule has 3 nitrogen and oxygen atoms in total. The monoisotopic (exact) mass is 206 g/mol. The topological polar surface area (TPSA) is 54.4 Å². The van der Waals surface area contributed by atoms with Gasteiger partial charge in [-0.15, -0.1) is 0 Å². The first-order valence-electron chi connectivity index (χ1n) is 4.97. The van der Waals surface area contributed by atoms with E-state index in [1.54, 1.807) is 18.2 Å². The number of carboxylic acids is 1. The molecule has 1 N–H and O–H groups in total. The minimum atomic E-state index is -0.959. The molecule has 0 aliphatic heterocycles. The summed E-state index contributed by atoms with van der Waals surface area (Å²) in [5, 5.41) is 8.76. The van der Waals surface area contributed by atoms with Crippen molar-refractivity contribution in [1.29, 1.82) is 0 Å². The van der Waals surface area contributed by atoms with E-state index in [2.05, 4.69) is 0 Å². The Morgan fingerprint density at radius 3 is 2.67 bits per heavy atom. The largest absolute Gasteiger partial charge is 0.478 e. The summed E-state index contributed by atoms with van der Waals surface area (Å²) in [6, 6.07) is 6.52. The molecule has 3 heteroatoms. The van der Waals surface area contributed by atoms with Crippen LogP contribution in [0.2, 0.25) is 0 Å². The molecule has 0 aliphatic rings. The van der Waals surface area contributed by atoms with Crippen molar-refractivity contribution in [3.05, 3.63) is 35.4 Å². The average molecular weight is 206 g/mol. The van der Waals surface area contributed by atoms with Gasteiger partial charge in [0, 0.05) is 12.8 Å². The maximum atomic E-state index is 11.3. The van der Waals surface area contributed by atoms with Crippen LogP contribution >= 0.6 is 0 Å². The first-order chi connectivity index (χ1) is 7.13. The van der Waals surface area contributed by atoms with Crippen molar-refractivity contribution in [2.45, 2.75) is 26.2 Å². The summed E-state index contributed by atoms with van der Waals surface area (Å²) < 4.78 is 0. The van der Waals surface area contributed by atoms with Gasteiger partial charge in [0.25, 0.3) is 0 Å². The van der Waals surface area contributed by atoms with Gasteiger partial charge in [-0.3, -0.25) is 4.79 Å². The Hall–Kier alpha value is -1.64. The summed E-state index contributed by atoms with van der Waals surface area (Å²) in [6.07, 6.45) is 1.71. The number of ketones is 1. The normalized spacial score (nSPS) is 9.93. The number of carbonyl (C=O) groups is 2. The Labute approximate surface area is 88.7 Å². The van der Waals surface area contributed by atoms with E-state index in [9.17, 15) is 9.59 Å². The zero-order chi connectivity index (χ0) is 11.3. The van der Waals surface area contributed by atoms with Crippen molar-refractivity contribution in [2.24, 2.45) is 0 Å². The molecule has 0 spiro atoms. The van der Waals surface area contributed by atoms with Crippen molar-refractivity contribution in [3.8, 4) is 0 Å². The summed E-state index contributed by atoms with van der Waals surface area (Å²) in [6.45, 7) is 1.95. The smallest absolute Gasteiger partial charge is 0.335 e. The molecule has 0 heterocycles. The fraction of sp³-hybridized carbons (Fsp3) is 0.333. The fourth-order valence-corrected chi connectivity index (χ4v) is 1.41. The van der Waals surface area contributed by atoms with Crippen LogP contribution in [0.4, 0.5) is 0 Å². The lowest BCUT2D eigenvalue weighted by molar-refractivity contribution is -0.118. The maximum Gasteiger partial charge on any atom is 0.335 e. The van der Waals surface area contributed by atoms with E-state index in [1.165, 1.54) is 6.07 Å². The second kappa shape index (κ2) is 5.29. The van der Waals surface area contributed by atoms with Gasteiger partial charge in [0.2, 0.25) is 0 Å². The molecule has 0 saturated heterocycles. The molecule has 15 heavy (non-hydrogen) atoms. The maximum absolute atomic E-state index is 11.3. The molecular formula is C12H14O3. The highest BCUT2D eigenvalue weighted by Gasteiger charge is 2.06. The van der Waals surface area contributed by atoms with Crippen LogP contribution in [-0.4, -0.2) is 16.9 Å². The molecule has 0 fully saturated rings. The van der Waals surface area contributed by atoms with Gasteiger partial charge in [-0.2, -0.15) is 0 Å². The van der Waals surface area contributed by atoms with Gasteiger partial charge in [0.05, 0.1) is 5.56 Å². The average Bonchev–Trinajstić information content (AvgIpc) is 2.18. The van der Waals surface area contributed by atoms with Gasteiger partial charge in [0.1, 0.15) is 5.78 Å². The number of hydrogen-bond acceptors (Lipinski definition) is 2. The first-order valence-corrected chi connectivity index (χ1v) is 4.97. The van der Waals surface area contributed by atoms with E-state index >= 15 is 0 Å². The molecule has 0 amide bonds. The fourth-order valence-electron chi connectivity index (χ4n) is 1.41. The molecule has 0 saturated carbocycles. The molecule has 0 aliphatic carbocycles. The second-order valence-corrected chi connectivity index (χ2v) is 3.47. The Morgan fingerprint density at radius 2 is 2.07 bits per heavy atom. The SMILES string of the molecule is CCCC(=O)Cc1cccc(C(=O)O)c1. The predicted molar refractivity (Wildman–Crippen MR) is 57.0 cm³/mol. The van der Waals surface area contributed by atoms with Crippen LogP contribution in [0, 0.1) is 0 Å². The zero-order valence-corrected chi connectivity index (χ0v) is 8.69. The number of carboxylic acid groups (broad SMARTS) is 1. The van der Waals surface area contributed by atoms with Gasteiger partial charge in [-0.05, 0) is 24.1 Å². The van der Waals surface area contributed by atoms with Crippen LogP contribution in [0.15, 0.2) is 24.3 Å². The third-order valence-corrected chi connectivity index (χ3v) is 2.10. The molecule has 0 unspecified atom stereocenters. The highest BCUT2D eigenvalue weighted by molar-refractivity contribution is 5.88. The zero-order valence-electron chi connectivity index (χ0n) is 8.69. The highest BCUT2D eigenvalue weighted by atomic mass is 16.4. The third kappa shape index (κ3) is 3.54. The van der Waals surface area contributed by atoms with Crippen molar-refractivity contribution < 1.29 is 14.7 Å². The van der Waals surface area contributed by atoms with E-state index in [0.29, 0.717) is 12.8 Å². The van der Waals surface area contributed by atoms with Crippen LogP contribution in [0.25, 0.3) is 0 Å². The van der Waals surface area contributed by atoms with Crippen LogP contribution < -0.4 is 0 Å². The summed E-state index contributed by atoms with van der Waals surface area (Å²) in [5.74, 6) is -0.806. The number of carbonyl (C=O) groups excluding carboxylic acids is 1. The van der Waals surface area contributed by atoms with Crippen molar-refractivity contribution >= 4 is 11.8 Å². The molecule has 0 radical (unpaired) electrons. The lowest BCUT2D eigenvalue weighted by atomic mass is 10.0. The van der Waals surface area contributed by atoms with E-state index < -0.39 is 5.97 Å². The molecule has 1 aromatic rings. The standard InChI is InChI=1S/C12H14O3/c1-2-4-11(13)8-9-5-3-6-10(7-9)12(14)15/h3,5-7H,2,4,8H2,1H3,(H,14,15). The Bertz CT molecular complexity index is 369. The number of Topliss-reactive ketones (excluding diaryl/α,β-unsaturated/α-hetero) is 1. The summed E-state index contributed by atoms with van der Waals surface area (Å²) >= 11 is 0. The quantitative estimate of drug-likeness (QED) is 0.804. The molecule has 0 atom stereocenters. The van der Waals surface area contributed by atoms with E-state index in [1.807, 2.05) is 6.92 Å². The Morgan fingerprint density at radius 1 is 1.33 bits per heavy atom. The molecule has 80 valence electrons. The summed E-state index contributed by atoms with van der Waals surface area (Å²) in [7, 11) is 0. The van der Waals surface area contributed by atoms with Crippen LogP contribution in [0.3, 0.4) is 0 Å². The summed E-state index contributed by atoms with van der Waals surface area (Å²) in [4.78, 5) is 22.0. The third-order valence-electron chi connectivity index (χ3n) is 2.10. The lowest BCUT2D eigenvalue weighted by Crippen LogP contribution is -2.03. The van der Waals surface area contributed by atoms with E-state index in [-0.39, 0.29) is 11.3 Å². The molecule has 1 rings (SSSR count). The van der Waals surface area contributed by atoms with Crippen LogP contribution in [0.5, 0.6) is 0 Å². The van der Waals surface area contributed by atoms with Crippen LogP contribution in [-0.2, 0) is 11.2 Å². The molecule has 1 aromatic carbocycles. The van der Waals surface area contributed by atoms with Gasteiger partial charge >= 0.3 is 5.97 Å². The second-order valence-electron chi connectivity index (χ2n) is 3.47. The van der Waals surface area contributed by atoms with Crippen molar-refractivity contribution in [2.75, 3.05) is 0 Å². The van der Waals surface area contributed by atoms with Crippen molar-refractivity contribution in [3.63, 3.8) is 0 Å².